The second kappa shape index (κ2) is 20.0. The number of hydrogen-bond acceptors (Lipinski definition) is 7. The van der Waals surface area contributed by atoms with E-state index in [1.54, 1.807) is 23.0 Å². The van der Waals surface area contributed by atoms with Gasteiger partial charge in [-0.1, -0.05) is 142 Å². The van der Waals surface area contributed by atoms with Crippen molar-refractivity contribution < 1.29 is 29.0 Å². The van der Waals surface area contributed by atoms with Crippen molar-refractivity contribution in [1.82, 2.24) is 25.4 Å². The summed E-state index contributed by atoms with van der Waals surface area (Å²) in [4.78, 5) is 49.7. The molecule has 1 aromatic heterocycles. The Hall–Kier alpha value is -6.20. The van der Waals surface area contributed by atoms with Crippen molar-refractivity contribution in [3.05, 3.63) is 156 Å². The van der Waals surface area contributed by atoms with E-state index < -0.39 is 35.7 Å². The quantitative estimate of drug-likeness (QED) is 0.0892. The molecule has 1 fully saturated rings. The second-order valence-corrected chi connectivity index (χ2v) is 16.1. The van der Waals surface area contributed by atoms with E-state index in [-0.39, 0.29) is 25.0 Å². The summed E-state index contributed by atoms with van der Waals surface area (Å²) in [5.74, 6) is 0.169. The lowest BCUT2D eigenvalue weighted by atomic mass is 9.84. The van der Waals surface area contributed by atoms with E-state index in [4.69, 9.17) is 9.47 Å². The summed E-state index contributed by atoms with van der Waals surface area (Å²) >= 11 is 0. The Bertz CT molecular complexity index is 2110. The van der Waals surface area contributed by atoms with E-state index >= 15 is 0 Å². The number of ether oxygens (including phenoxy) is 2. The molecule has 6 rings (SSSR count). The molecule has 0 spiro atoms. The van der Waals surface area contributed by atoms with E-state index in [0.717, 1.165) is 33.5 Å². The van der Waals surface area contributed by atoms with Gasteiger partial charge in [-0.15, -0.1) is 0 Å². The van der Waals surface area contributed by atoms with Gasteiger partial charge >= 0.3 is 12.1 Å². The smallest absolute Gasteiger partial charge is 0.407 e. The van der Waals surface area contributed by atoms with Crippen molar-refractivity contribution in [2.75, 3.05) is 20.2 Å². The predicted molar refractivity (Wildman–Crippen MR) is 228 cm³/mol. The molecule has 11 nitrogen and oxygen atoms in total. The third-order valence-electron chi connectivity index (χ3n) is 10.5. The Labute approximate surface area is 347 Å². The molecule has 3 N–H and O–H groups in total. The highest BCUT2D eigenvalue weighted by molar-refractivity contribution is 5.89. The Morgan fingerprint density at radius 1 is 0.746 bits per heavy atom. The van der Waals surface area contributed by atoms with Crippen LogP contribution in [-0.4, -0.2) is 82.4 Å². The van der Waals surface area contributed by atoms with Gasteiger partial charge in [-0.05, 0) is 53.0 Å². The fourth-order valence-electron chi connectivity index (χ4n) is 7.57. The molecule has 0 aliphatic carbocycles. The van der Waals surface area contributed by atoms with E-state index in [2.05, 4.69) is 15.6 Å². The van der Waals surface area contributed by atoms with Crippen LogP contribution in [0.2, 0.25) is 0 Å². The fourth-order valence-corrected chi connectivity index (χ4v) is 7.57. The maximum absolute atomic E-state index is 14.5. The Kier molecular flexibility index (Phi) is 14.4. The first-order valence-electron chi connectivity index (χ1n) is 20.2. The number of alkyl carbamates (subject to hydrolysis) is 1. The first kappa shape index (κ1) is 42.4. The van der Waals surface area contributed by atoms with Crippen molar-refractivity contribution >= 4 is 18.0 Å². The van der Waals surface area contributed by atoms with Crippen LogP contribution in [-0.2, 0) is 35.5 Å². The highest BCUT2D eigenvalue weighted by Gasteiger charge is 2.44. The molecule has 5 aromatic rings. The van der Waals surface area contributed by atoms with Gasteiger partial charge in [0.2, 0.25) is 11.8 Å². The summed E-state index contributed by atoms with van der Waals surface area (Å²) in [6.45, 7) is 7.28. The van der Waals surface area contributed by atoms with Gasteiger partial charge in [0.05, 0.1) is 24.9 Å². The lowest BCUT2D eigenvalue weighted by Crippen LogP contribution is -2.58. The number of benzene rings is 4. The lowest BCUT2D eigenvalue weighted by molar-refractivity contribution is -0.130. The van der Waals surface area contributed by atoms with Crippen molar-refractivity contribution in [2.45, 2.75) is 77.4 Å². The minimum atomic E-state index is -1.09. The molecule has 4 atom stereocenters. The van der Waals surface area contributed by atoms with Gasteiger partial charge in [0.1, 0.15) is 12.6 Å². The average molecular weight is 798 g/mol. The summed E-state index contributed by atoms with van der Waals surface area (Å²) in [6.07, 6.45) is -0.910. The van der Waals surface area contributed by atoms with Gasteiger partial charge in [-0.2, -0.15) is 0 Å². The van der Waals surface area contributed by atoms with Gasteiger partial charge in [0, 0.05) is 37.3 Å². The van der Waals surface area contributed by atoms with Crippen LogP contribution in [0.25, 0.3) is 11.3 Å². The second-order valence-electron chi connectivity index (χ2n) is 16.1. The van der Waals surface area contributed by atoms with Crippen LogP contribution in [0, 0.1) is 5.41 Å². The van der Waals surface area contributed by atoms with Gasteiger partial charge in [0.25, 0.3) is 0 Å². The minimum absolute atomic E-state index is 0.0864. The lowest BCUT2D eigenvalue weighted by Gasteiger charge is -2.38. The number of amides is 4. The minimum Gasteiger partial charge on any atom is -0.481 e. The van der Waals surface area contributed by atoms with Crippen LogP contribution in [0.1, 0.15) is 49.4 Å². The number of pyridine rings is 1. The largest absolute Gasteiger partial charge is 0.481 e. The number of aliphatic hydroxyl groups excluding tert-OH is 1. The summed E-state index contributed by atoms with van der Waals surface area (Å²) in [5, 5.41) is 18.3. The number of aromatic nitrogens is 1. The number of nitrogens with zero attached hydrogens (tertiary/aromatic N) is 3. The van der Waals surface area contributed by atoms with Gasteiger partial charge in [-0.25, -0.2) is 14.6 Å². The first-order valence-corrected chi connectivity index (χ1v) is 20.2. The highest BCUT2D eigenvalue weighted by atomic mass is 16.5. The fraction of sp³-hybridized carbons (Fsp3) is 0.333. The highest BCUT2D eigenvalue weighted by Crippen LogP contribution is 2.29. The Morgan fingerprint density at radius 3 is 1.98 bits per heavy atom. The monoisotopic (exact) mass is 797 g/mol. The summed E-state index contributed by atoms with van der Waals surface area (Å²) in [6, 6.07) is 40.0. The maximum Gasteiger partial charge on any atom is 0.407 e. The van der Waals surface area contributed by atoms with E-state index in [9.17, 15) is 19.5 Å². The zero-order valence-corrected chi connectivity index (χ0v) is 34.3. The van der Waals surface area contributed by atoms with Gasteiger partial charge in [0.15, 0.2) is 0 Å². The predicted octanol–water partition coefficient (Wildman–Crippen LogP) is 7.43. The maximum atomic E-state index is 14.5. The topological polar surface area (TPSA) is 133 Å². The van der Waals surface area contributed by atoms with E-state index in [0.29, 0.717) is 38.4 Å². The zero-order chi connectivity index (χ0) is 41.8. The molecule has 0 bridgehead atoms. The standard InChI is InChI=1S/C48H55N5O6/c1-48(2,3)44(53-28-27-52(47(53)57)32-36-17-10-6-11-18-36)45(55)51-41(30-34-15-8-5-9-16-34)42(54)31-39(49-46(56)59-33-37-19-12-7-13-20-37)29-35-23-25-38(26-24-35)40-21-14-22-43(50-40)58-4/h5-26,39,41-42,44,54H,27-33H2,1-4H3,(H,49,56)(H,51,55)/t39-,41-,42-,44+/m0/s1. The number of hydrogen-bond donors (Lipinski definition) is 3. The van der Waals surface area contributed by atoms with Crippen molar-refractivity contribution in [3.8, 4) is 17.1 Å². The average Bonchev–Trinajstić information content (AvgIpc) is 3.58. The molecule has 1 aliphatic rings. The molecule has 4 aromatic carbocycles. The summed E-state index contributed by atoms with van der Waals surface area (Å²) in [7, 11) is 1.58. The number of carbonyl (C=O) groups is 3. The number of methoxy groups -OCH3 is 1. The molecule has 0 saturated carbocycles. The van der Waals surface area contributed by atoms with Gasteiger partial charge in [-0.3, -0.25) is 4.79 Å². The van der Waals surface area contributed by atoms with Crippen LogP contribution >= 0.6 is 0 Å². The molecular weight excluding hydrogens is 743 g/mol. The molecule has 11 heteroatoms. The Morgan fingerprint density at radius 2 is 1.36 bits per heavy atom. The van der Waals surface area contributed by atoms with Gasteiger partial charge < -0.3 is 35.0 Å². The number of nitrogens with one attached hydrogen (secondary N) is 2. The molecule has 2 heterocycles. The normalized spacial score (nSPS) is 14.9. The van der Waals surface area contributed by atoms with Crippen LogP contribution < -0.4 is 15.4 Å². The molecule has 1 aliphatic heterocycles. The first-order chi connectivity index (χ1) is 28.5. The molecule has 0 unspecified atom stereocenters. The molecule has 308 valence electrons. The van der Waals surface area contributed by atoms with Crippen molar-refractivity contribution in [1.29, 1.82) is 0 Å². The van der Waals surface area contributed by atoms with Crippen LogP contribution in [0.5, 0.6) is 5.88 Å². The van der Waals surface area contributed by atoms with E-state index in [1.807, 2.05) is 148 Å². The SMILES string of the molecule is COc1cccc(-c2ccc(C[C@@H](C[C@H](O)[C@H](Cc3ccccc3)NC(=O)[C@@H](N3CCN(Cc4ccccc4)C3=O)C(C)(C)C)NC(=O)OCc3ccccc3)cc2)n1. The number of aliphatic hydroxyl groups is 1. The third kappa shape index (κ3) is 11.9. The van der Waals surface area contributed by atoms with Crippen LogP contribution in [0.3, 0.4) is 0 Å². The third-order valence-corrected chi connectivity index (χ3v) is 10.5. The molecule has 1 saturated heterocycles. The number of carbonyl (C=O) groups excluding carboxylic acids is 3. The number of urea groups is 1. The van der Waals surface area contributed by atoms with Crippen LogP contribution in [0.15, 0.2) is 133 Å². The van der Waals surface area contributed by atoms with Crippen LogP contribution in [0.4, 0.5) is 9.59 Å². The molecule has 4 amide bonds. The molecule has 0 radical (unpaired) electrons. The number of rotatable bonds is 17. The molecule has 59 heavy (non-hydrogen) atoms. The zero-order valence-electron chi connectivity index (χ0n) is 34.3. The Balaban J connectivity index is 1.22. The van der Waals surface area contributed by atoms with E-state index in [1.165, 1.54) is 0 Å². The summed E-state index contributed by atoms with van der Waals surface area (Å²) in [5.41, 5.74) is 4.74. The van der Waals surface area contributed by atoms with Crippen molar-refractivity contribution in [2.24, 2.45) is 5.41 Å². The summed E-state index contributed by atoms with van der Waals surface area (Å²) < 4.78 is 10.9. The van der Waals surface area contributed by atoms with Crippen molar-refractivity contribution in [3.63, 3.8) is 0 Å². The molecular formula is C48H55N5O6.